The standard InChI is InChI=1S/C10H18FI/c11-7-9-5-3-1-2-4-6-10(9)8-12/h9-10H,1-8H2. The van der Waals surface area contributed by atoms with Gasteiger partial charge in [0, 0.05) is 4.43 Å². The Morgan fingerprint density at radius 2 is 1.58 bits per heavy atom. The Balaban J connectivity index is 2.39. The summed E-state index contributed by atoms with van der Waals surface area (Å²) >= 11 is 2.41. The molecule has 0 saturated heterocycles. The first-order chi connectivity index (χ1) is 5.88. The van der Waals surface area contributed by atoms with Gasteiger partial charge >= 0.3 is 0 Å². The van der Waals surface area contributed by atoms with Crippen molar-refractivity contribution in [3.8, 4) is 0 Å². The maximum absolute atomic E-state index is 12.6. The van der Waals surface area contributed by atoms with Crippen LogP contribution >= 0.6 is 22.6 Å². The Bertz CT molecular complexity index is 102. The third-order valence-electron chi connectivity index (χ3n) is 2.96. The molecule has 0 radical (unpaired) electrons. The molecule has 1 aliphatic carbocycles. The van der Waals surface area contributed by atoms with Crippen LogP contribution in [0.2, 0.25) is 0 Å². The summed E-state index contributed by atoms with van der Waals surface area (Å²) in [5.41, 5.74) is 0. The Labute approximate surface area is 88.4 Å². The van der Waals surface area contributed by atoms with E-state index in [2.05, 4.69) is 22.6 Å². The smallest absolute Gasteiger partial charge is 0.0925 e. The first kappa shape index (κ1) is 10.7. The molecule has 0 amide bonds. The quantitative estimate of drug-likeness (QED) is 0.531. The van der Waals surface area contributed by atoms with Crippen molar-refractivity contribution in [2.45, 2.75) is 38.5 Å². The summed E-state index contributed by atoms with van der Waals surface area (Å²) in [5, 5.41) is 0. The van der Waals surface area contributed by atoms with Crippen molar-refractivity contribution in [2.75, 3.05) is 11.1 Å². The minimum atomic E-state index is -0.0896. The zero-order chi connectivity index (χ0) is 8.81. The summed E-state index contributed by atoms with van der Waals surface area (Å²) < 4.78 is 13.8. The lowest BCUT2D eigenvalue weighted by atomic mass is 9.84. The zero-order valence-electron chi connectivity index (χ0n) is 7.57. The Morgan fingerprint density at radius 1 is 1.00 bits per heavy atom. The Kier molecular flexibility index (Phi) is 5.52. The van der Waals surface area contributed by atoms with Crippen molar-refractivity contribution in [1.29, 1.82) is 0 Å². The highest BCUT2D eigenvalue weighted by Gasteiger charge is 2.21. The van der Waals surface area contributed by atoms with E-state index in [1.54, 1.807) is 0 Å². The summed E-state index contributed by atoms with van der Waals surface area (Å²) in [4.78, 5) is 0. The lowest BCUT2D eigenvalue weighted by molar-refractivity contribution is 0.232. The second-order valence-corrected chi connectivity index (χ2v) is 4.70. The van der Waals surface area contributed by atoms with Gasteiger partial charge in [-0.1, -0.05) is 48.3 Å². The van der Waals surface area contributed by atoms with Gasteiger partial charge in [0.15, 0.2) is 0 Å². The van der Waals surface area contributed by atoms with Gasteiger partial charge < -0.3 is 0 Å². The molecule has 0 aromatic heterocycles. The Hall–Kier alpha value is 0.660. The van der Waals surface area contributed by atoms with Crippen molar-refractivity contribution in [1.82, 2.24) is 0 Å². The number of hydrogen-bond acceptors (Lipinski definition) is 0. The van der Waals surface area contributed by atoms with Gasteiger partial charge in [0.2, 0.25) is 0 Å². The topological polar surface area (TPSA) is 0 Å². The van der Waals surface area contributed by atoms with Crippen molar-refractivity contribution in [3.05, 3.63) is 0 Å². The third kappa shape index (κ3) is 3.19. The van der Waals surface area contributed by atoms with Crippen molar-refractivity contribution in [3.63, 3.8) is 0 Å². The van der Waals surface area contributed by atoms with Crippen LogP contribution in [0.5, 0.6) is 0 Å². The van der Waals surface area contributed by atoms with Gasteiger partial charge in [-0.25, -0.2) is 0 Å². The number of hydrogen-bond donors (Lipinski definition) is 0. The van der Waals surface area contributed by atoms with Crippen molar-refractivity contribution < 1.29 is 4.39 Å². The lowest BCUT2D eigenvalue weighted by Crippen LogP contribution is -2.19. The second kappa shape index (κ2) is 6.17. The minimum absolute atomic E-state index is 0.0896. The van der Waals surface area contributed by atoms with Crippen LogP contribution in [0.4, 0.5) is 4.39 Å². The second-order valence-electron chi connectivity index (χ2n) is 3.82. The molecule has 1 aliphatic rings. The lowest BCUT2D eigenvalue weighted by Gasteiger charge is -2.25. The molecule has 0 bridgehead atoms. The van der Waals surface area contributed by atoms with Crippen LogP contribution < -0.4 is 0 Å². The first-order valence-electron chi connectivity index (χ1n) is 5.00. The molecule has 0 aliphatic heterocycles. The predicted molar refractivity (Wildman–Crippen MR) is 59.5 cm³/mol. The molecule has 0 nitrogen and oxygen atoms in total. The monoisotopic (exact) mass is 284 g/mol. The van der Waals surface area contributed by atoms with Crippen LogP contribution in [0.15, 0.2) is 0 Å². The molecule has 12 heavy (non-hydrogen) atoms. The van der Waals surface area contributed by atoms with Crippen LogP contribution in [-0.4, -0.2) is 11.1 Å². The van der Waals surface area contributed by atoms with E-state index in [9.17, 15) is 4.39 Å². The van der Waals surface area contributed by atoms with E-state index >= 15 is 0 Å². The van der Waals surface area contributed by atoms with E-state index in [-0.39, 0.29) is 6.67 Å². The molecular weight excluding hydrogens is 266 g/mol. The molecule has 0 spiro atoms. The molecule has 0 aromatic rings. The van der Waals surface area contributed by atoms with Gasteiger partial charge in [0.25, 0.3) is 0 Å². The highest BCUT2D eigenvalue weighted by Crippen LogP contribution is 2.29. The molecule has 2 atom stereocenters. The summed E-state index contributed by atoms with van der Waals surface area (Å²) in [6.07, 6.45) is 7.66. The molecular formula is C10H18FI. The fourth-order valence-electron chi connectivity index (χ4n) is 2.04. The van der Waals surface area contributed by atoms with E-state index in [1.165, 1.54) is 32.1 Å². The average Bonchev–Trinajstić information content (AvgIpc) is 2.05. The van der Waals surface area contributed by atoms with E-state index in [4.69, 9.17) is 0 Å². The average molecular weight is 284 g/mol. The van der Waals surface area contributed by atoms with Gasteiger partial charge in [-0.3, -0.25) is 4.39 Å². The summed E-state index contributed by atoms with van der Waals surface area (Å²) in [7, 11) is 0. The van der Waals surface area contributed by atoms with Crippen LogP contribution in [-0.2, 0) is 0 Å². The van der Waals surface area contributed by atoms with Crippen molar-refractivity contribution in [2.24, 2.45) is 11.8 Å². The van der Waals surface area contributed by atoms with E-state index in [1.807, 2.05) is 0 Å². The number of alkyl halides is 2. The van der Waals surface area contributed by atoms with E-state index in [0.717, 1.165) is 10.8 Å². The summed E-state index contributed by atoms with van der Waals surface area (Å²) in [5.74, 6) is 1.04. The maximum atomic E-state index is 12.6. The van der Waals surface area contributed by atoms with Crippen molar-refractivity contribution >= 4 is 22.6 Å². The molecule has 2 heteroatoms. The summed E-state index contributed by atoms with van der Waals surface area (Å²) in [6, 6.07) is 0. The SMILES string of the molecule is FCC1CCCCCCC1CI. The molecule has 1 fully saturated rings. The van der Waals surface area contributed by atoms with Gasteiger partial charge in [0.05, 0.1) is 6.67 Å². The fraction of sp³-hybridized carbons (Fsp3) is 1.00. The maximum Gasteiger partial charge on any atom is 0.0925 e. The molecule has 0 aromatic carbocycles. The summed E-state index contributed by atoms with van der Waals surface area (Å²) in [6.45, 7) is -0.0896. The Morgan fingerprint density at radius 3 is 2.08 bits per heavy atom. The van der Waals surface area contributed by atoms with Crippen LogP contribution in [0.25, 0.3) is 0 Å². The normalized spacial score (nSPS) is 32.5. The van der Waals surface area contributed by atoms with Crippen LogP contribution in [0.1, 0.15) is 38.5 Å². The van der Waals surface area contributed by atoms with E-state index < -0.39 is 0 Å². The van der Waals surface area contributed by atoms with Gasteiger partial charge in [-0.15, -0.1) is 0 Å². The molecule has 72 valence electrons. The first-order valence-corrected chi connectivity index (χ1v) is 6.53. The third-order valence-corrected chi connectivity index (χ3v) is 4.09. The highest BCUT2D eigenvalue weighted by molar-refractivity contribution is 14.1. The number of halogens is 2. The molecule has 0 heterocycles. The minimum Gasteiger partial charge on any atom is -0.251 e. The fourth-order valence-corrected chi connectivity index (χ4v) is 3.20. The zero-order valence-corrected chi connectivity index (χ0v) is 9.72. The van der Waals surface area contributed by atoms with Crippen LogP contribution in [0.3, 0.4) is 0 Å². The van der Waals surface area contributed by atoms with Gasteiger partial charge in [-0.2, -0.15) is 0 Å². The molecule has 0 N–H and O–H groups in total. The van der Waals surface area contributed by atoms with E-state index in [0.29, 0.717) is 11.8 Å². The molecule has 1 saturated carbocycles. The largest absolute Gasteiger partial charge is 0.251 e. The molecule has 2 unspecified atom stereocenters. The number of rotatable bonds is 2. The predicted octanol–water partition coefficient (Wildman–Crippen LogP) is 3.98. The molecule has 1 rings (SSSR count). The highest BCUT2D eigenvalue weighted by atomic mass is 127. The van der Waals surface area contributed by atoms with Gasteiger partial charge in [0.1, 0.15) is 0 Å². The van der Waals surface area contributed by atoms with Gasteiger partial charge in [-0.05, 0) is 24.7 Å². The van der Waals surface area contributed by atoms with Crippen LogP contribution in [0, 0.1) is 11.8 Å².